The van der Waals surface area contributed by atoms with Crippen LogP contribution in [0.5, 0.6) is 0 Å². The van der Waals surface area contributed by atoms with E-state index in [-0.39, 0.29) is 5.63 Å². The van der Waals surface area contributed by atoms with E-state index in [2.05, 4.69) is 0 Å². The lowest BCUT2D eigenvalue weighted by atomic mass is 10.2. The zero-order valence-corrected chi connectivity index (χ0v) is 8.86. The van der Waals surface area contributed by atoms with Crippen molar-refractivity contribution in [1.82, 2.24) is 0 Å². The molecular weight excluding hydrogens is 190 g/mol. The molecule has 0 atom stereocenters. The third-order valence-electron chi connectivity index (χ3n) is 2.51. The van der Waals surface area contributed by atoms with Gasteiger partial charge in [-0.1, -0.05) is 12.1 Å². The molecule has 0 saturated heterocycles. The second-order valence-corrected chi connectivity index (χ2v) is 3.46. The van der Waals surface area contributed by atoms with Gasteiger partial charge in [0.15, 0.2) is 0 Å². The molecule has 2 rings (SSSR count). The lowest BCUT2D eigenvalue weighted by Gasteiger charge is -2.17. The van der Waals surface area contributed by atoms with Gasteiger partial charge in [0.25, 0.3) is 0 Å². The van der Waals surface area contributed by atoms with Crippen molar-refractivity contribution in [3.05, 3.63) is 40.8 Å². The Morgan fingerprint density at radius 2 is 2.07 bits per heavy atom. The number of benzene rings is 1. The van der Waals surface area contributed by atoms with Gasteiger partial charge in [-0.2, -0.15) is 0 Å². The van der Waals surface area contributed by atoms with Crippen molar-refractivity contribution < 1.29 is 4.42 Å². The molecule has 0 unspecified atom stereocenters. The van der Waals surface area contributed by atoms with Gasteiger partial charge >= 0.3 is 5.63 Å². The molecule has 0 spiro atoms. The SMILES string of the molecule is CCN(C)c1cc(=O)oc2ccccc12. The van der Waals surface area contributed by atoms with Gasteiger partial charge in [0.1, 0.15) is 5.58 Å². The van der Waals surface area contributed by atoms with Crippen LogP contribution in [0.4, 0.5) is 5.69 Å². The maximum atomic E-state index is 11.3. The summed E-state index contributed by atoms with van der Waals surface area (Å²) in [6.07, 6.45) is 0. The molecule has 1 aromatic heterocycles. The maximum absolute atomic E-state index is 11.3. The minimum Gasteiger partial charge on any atom is -0.423 e. The molecule has 3 heteroatoms. The lowest BCUT2D eigenvalue weighted by molar-refractivity contribution is 0.561. The average molecular weight is 203 g/mol. The van der Waals surface area contributed by atoms with E-state index in [4.69, 9.17) is 4.42 Å². The normalized spacial score (nSPS) is 10.5. The highest BCUT2D eigenvalue weighted by molar-refractivity contribution is 5.89. The Labute approximate surface area is 87.9 Å². The number of hydrogen-bond acceptors (Lipinski definition) is 3. The molecule has 0 aliphatic rings. The standard InChI is InChI=1S/C12H13NO2/c1-3-13(2)10-8-12(14)15-11-7-5-4-6-9(10)11/h4-8H,3H2,1-2H3. The van der Waals surface area contributed by atoms with Crippen LogP contribution in [0.2, 0.25) is 0 Å². The smallest absolute Gasteiger partial charge is 0.338 e. The molecule has 78 valence electrons. The third kappa shape index (κ3) is 1.73. The molecule has 0 aliphatic heterocycles. The average Bonchev–Trinajstić information content (AvgIpc) is 2.26. The zero-order chi connectivity index (χ0) is 10.8. The number of nitrogens with zero attached hydrogens (tertiary/aromatic N) is 1. The van der Waals surface area contributed by atoms with Crippen LogP contribution in [0.25, 0.3) is 11.0 Å². The predicted molar refractivity (Wildman–Crippen MR) is 61.4 cm³/mol. The summed E-state index contributed by atoms with van der Waals surface area (Å²) in [4.78, 5) is 13.4. The van der Waals surface area contributed by atoms with Crippen LogP contribution in [0.1, 0.15) is 6.92 Å². The predicted octanol–water partition coefficient (Wildman–Crippen LogP) is 2.25. The fourth-order valence-electron chi connectivity index (χ4n) is 1.58. The van der Waals surface area contributed by atoms with Gasteiger partial charge in [0.05, 0.1) is 5.69 Å². The van der Waals surface area contributed by atoms with Crippen molar-refractivity contribution in [3.63, 3.8) is 0 Å². The van der Waals surface area contributed by atoms with Crippen LogP contribution >= 0.6 is 0 Å². The van der Waals surface area contributed by atoms with Crippen molar-refractivity contribution in [2.45, 2.75) is 6.92 Å². The van der Waals surface area contributed by atoms with Crippen molar-refractivity contribution in [2.75, 3.05) is 18.5 Å². The van der Waals surface area contributed by atoms with E-state index in [0.717, 1.165) is 17.6 Å². The highest BCUT2D eigenvalue weighted by Gasteiger charge is 2.07. The Morgan fingerprint density at radius 3 is 2.80 bits per heavy atom. The van der Waals surface area contributed by atoms with Crippen LogP contribution in [0.15, 0.2) is 39.5 Å². The zero-order valence-electron chi connectivity index (χ0n) is 8.86. The minimum atomic E-state index is -0.302. The maximum Gasteiger partial charge on any atom is 0.338 e. The Balaban J connectivity index is 2.76. The Morgan fingerprint density at radius 1 is 1.33 bits per heavy atom. The molecule has 2 aromatic rings. The van der Waals surface area contributed by atoms with Crippen molar-refractivity contribution in [1.29, 1.82) is 0 Å². The molecule has 0 amide bonds. The highest BCUT2D eigenvalue weighted by Crippen LogP contribution is 2.23. The summed E-state index contributed by atoms with van der Waals surface area (Å²) in [5.41, 5.74) is 1.26. The number of anilines is 1. The minimum absolute atomic E-state index is 0.302. The van der Waals surface area contributed by atoms with E-state index in [1.54, 1.807) is 0 Å². The number of fused-ring (bicyclic) bond motifs is 1. The second-order valence-electron chi connectivity index (χ2n) is 3.46. The summed E-state index contributed by atoms with van der Waals surface area (Å²) in [6.45, 7) is 2.90. The van der Waals surface area contributed by atoms with E-state index in [0.29, 0.717) is 5.58 Å². The molecule has 0 bridgehead atoms. The quantitative estimate of drug-likeness (QED) is 0.702. The van der Waals surface area contributed by atoms with Gasteiger partial charge in [-0.15, -0.1) is 0 Å². The first-order chi connectivity index (χ1) is 7.22. The van der Waals surface area contributed by atoms with Crippen LogP contribution in [-0.4, -0.2) is 13.6 Å². The second kappa shape index (κ2) is 3.77. The van der Waals surface area contributed by atoms with Gasteiger partial charge in [-0.25, -0.2) is 4.79 Å². The third-order valence-corrected chi connectivity index (χ3v) is 2.51. The summed E-state index contributed by atoms with van der Waals surface area (Å²) in [7, 11) is 1.96. The first-order valence-electron chi connectivity index (χ1n) is 4.96. The highest BCUT2D eigenvalue weighted by atomic mass is 16.4. The van der Waals surface area contributed by atoms with Crippen LogP contribution in [0, 0.1) is 0 Å². The Hall–Kier alpha value is -1.77. The molecule has 1 heterocycles. The van der Waals surface area contributed by atoms with Gasteiger partial charge in [0, 0.05) is 25.0 Å². The molecule has 0 radical (unpaired) electrons. The molecule has 15 heavy (non-hydrogen) atoms. The van der Waals surface area contributed by atoms with Crippen LogP contribution in [0.3, 0.4) is 0 Å². The van der Waals surface area contributed by atoms with Crippen LogP contribution in [-0.2, 0) is 0 Å². The van der Waals surface area contributed by atoms with E-state index < -0.39 is 0 Å². The molecule has 1 aromatic carbocycles. The van der Waals surface area contributed by atoms with Crippen molar-refractivity contribution >= 4 is 16.7 Å². The molecular formula is C12H13NO2. The first kappa shape index (κ1) is 9.77. The van der Waals surface area contributed by atoms with Gasteiger partial charge in [-0.3, -0.25) is 0 Å². The monoisotopic (exact) mass is 203 g/mol. The van der Waals surface area contributed by atoms with Crippen molar-refractivity contribution in [3.8, 4) is 0 Å². The van der Waals surface area contributed by atoms with Gasteiger partial charge < -0.3 is 9.32 Å². The Kier molecular flexibility index (Phi) is 2.46. The summed E-state index contributed by atoms with van der Waals surface area (Å²) in [5, 5.41) is 0.974. The van der Waals surface area contributed by atoms with Crippen LogP contribution < -0.4 is 10.5 Å². The van der Waals surface area contributed by atoms with E-state index in [1.807, 2.05) is 43.1 Å². The fourth-order valence-corrected chi connectivity index (χ4v) is 1.58. The summed E-state index contributed by atoms with van der Waals surface area (Å²) < 4.78 is 5.11. The lowest BCUT2D eigenvalue weighted by Crippen LogP contribution is -2.17. The largest absolute Gasteiger partial charge is 0.423 e. The summed E-state index contributed by atoms with van der Waals surface area (Å²) in [5.74, 6) is 0. The molecule has 3 nitrogen and oxygen atoms in total. The number of para-hydroxylation sites is 1. The number of rotatable bonds is 2. The van der Waals surface area contributed by atoms with E-state index >= 15 is 0 Å². The molecule has 0 saturated carbocycles. The van der Waals surface area contributed by atoms with Gasteiger partial charge in [-0.05, 0) is 19.1 Å². The topological polar surface area (TPSA) is 33.5 Å². The molecule has 0 fully saturated rings. The Bertz CT molecular complexity index is 530. The molecule has 0 N–H and O–H groups in total. The fraction of sp³-hybridized carbons (Fsp3) is 0.250. The van der Waals surface area contributed by atoms with Gasteiger partial charge in [0.2, 0.25) is 0 Å². The molecule has 0 aliphatic carbocycles. The summed E-state index contributed by atoms with van der Waals surface area (Å²) in [6, 6.07) is 9.10. The first-order valence-corrected chi connectivity index (χ1v) is 4.96. The van der Waals surface area contributed by atoms with Crippen molar-refractivity contribution in [2.24, 2.45) is 0 Å². The summed E-state index contributed by atoms with van der Waals surface area (Å²) >= 11 is 0. The van der Waals surface area contributed by atoms with E-state index in [9.17, 15) is 4.79 Å². The number of hydrogen-bond donors (Lipinski definition) is 0. The van der Waals surface area contributed by atoms with E-state index in [1.165, 1.54) is 6.07 Å².